The van der Waals surface area contributed by atoms with Crippen molar-refractivity contribution in [3.8, 4) is 0 Å². The van der Waals surface area contributed by atoms with Crippen molar-refractivity contribution in [3.05, 3.63) is 69.6 Å². The predicted octanol–water partition coefficient (Wildman–Crippen LogP) is 2.03. The molecule has 2 aromatic rings. The predicted molar refractivity (Wildman–Crippen MR) is 102 cm³/mol. The summed E-state index contributed by atoms with van der Waals surface area (Å²) >= 11 is 0. The monoisotopic (exact) mass is 368 g/mol. The van der Waals surface area contributed by atoms with E-state index in [-0.39, 0.29) is 28.9 Å². The normalized spacial score (nSPS) is 16.4. The summed E-state index contributed by atoms with van der Waals surface area (Å²) < 4.78 is 6.35. The summed E-state index contributed by atoms with van der Waals surface area (Å²) in [6.45, 7) is 3.03. The maximum Gasteiger partial charge on any atom is 0.310 e. The zero-order valence-corrected chi connectivity index (χ0v) is 15.7. The van der Waals surface area contributed by atoms with Gasteiger partial charge in [0.2, 0.25) is 0 Å². The average Bonchev–Trinajstić information content (AvgIpc) is 3.18. The van der Waals surface area contributed by atoms with Crippen LogP contribution in [0.2, 0.25) is 0 Å². The maximum atomic E-state index is 12.9. The molecule has 0 saturated carbocycles. The Labute approximate surface area is 158 Å². The number of methoxy groups -OCH3 is 1. The third kappa shape index (κ3) is 4.10. The van der Waals surface area contributed by atoms with Gasteiger partial charge in [0.05, 0.1) is 13.0 Å². The van der Waals surface area contributed by atoms with E-state index >= 15 is 0 Å². The number of benzene rings is 1. The van der Waals surface area contributed by atoms with E-state index < -0.39 is 0 Å². The van der Waals surface area contributed by atoms with Crippen LogP contribution in [0.25, 0.3) is 0 Å². The maximum absolute atomic E-state index is 12.9. The first-order valence-electron chi connectivity index (χ1n) is 9.12. The molecule has 1 aliphatic rings. The third-order valence-electron chi connectivity index (χ3n) is 5.08. The lowest BCUT2D eigenvalue weighted by Gasteiger charge is -2.18. The molecular weight excluding hydrogens is 344 g/mol. The molecule has 0 radical (unpaired) electrons. The van der Waals surface area contributed by atoms with Gasteiger partial charge in [-0.25, -0.2) is 0 Å². The second kappa shape index (κ2) is 8.20. The molecule has 2 heterocycles. The van der Waals surface area contributed by atoms with Gasteiger partial charge < -0.3 is 14.2 Å². The molecule has 0 spiro atoms. The summed E-state index contributed by atoms with van der Waals surface area (Å²) in [6, 6.07) is 11.7. The Bertz CT molecular complexity index is 889. The molecule has 27 heavy (non-hydrogen) atoms. The number of aromatic nitrogens is 1. The Kier molecular flexibility index (Phi) is 5.74. The van der Waals surface area contributed by atoms with Crippen molar-refractivity contribution >= 4 is 11.9 Å². The Hall–Kier alpha value is -2.89. The van der Waals surface area contributed by atoms with Crippen molar-refractivity contribution < 1.29 is 14.3 Å². The Morgan fingerprint density at radius 1 is 1.19 bits per heavy atom. The summed E-state index contributed by atoms with van der Waals surface area (Å²) in [4.78, 5) is 39.1. The number of likely N-dealkylation sites (tertiary alicyclic amines) is 1. The van der Waals surface area contributed by atoms with Crippen molar-refractivity contribution in [1.29, 1.82) is 0 Å². The smallest absolute Gasteiger partial charge is 0.310 e. The number of hydrogen-bond acceptors (Lipinski definition) is 4. The molecule has 0 N–H and O–H groups in total. The second-order valence-electron chi connectivity index (χ2n) is 6.87. The van der Waals surface area contributed by atoms with Gasteiger partial charge in [-0.1, -0.05) is 30.3 Å². The number of nitrogens with zero attached hydrogens (tertiary/aromatic N) is 2. The molecule has 1 unspecified atom stereocenters. The summed E-state index contributed by atoms with van der Waals surface area (Å²) in [7, 11) is 1.35. The van der Waals surface area contributed by atoms with Gasteiger partial charge in [-0.3, -0.25) is 14.4 Å². The highest BCUT2D eigenvalue weighted by atomic mass is 16.5. The average molecular weight is 368 g/mol. The molecule has 142 valence electrons. The minimum atomic E-state index is -0.316. The molecular formula is C21H24N2O4. The van der Waals surface area contributed by atoms with E-state index in [9.17, 15) is 14.4 Å². The number of carbonyl (C=O) groups is 2. The molecule has 1 fully saturated rings. The van der Waals surface area contributed by atoms with Crippen molar-refractivity contribution in [2.75, 3.05) is 20.2 Å². The summed E-state index contributed by atoms with van der Waals surface area (Å²) in [6.07, 6.45) is 3.01. The van der Waals surface area contributed by atoms with Gasteiger partial charge in [0, 0.05) is 25.8 Å². The van der Waals surface area contributed by atoms with Crippen LogP contribution in [0, 0.1) is 12.8 Å². The van der Waals surface area contributed by atoms with Gasteiger partial charge in [0.1, 0.15) is 5.56 Å². The lowest BCUT2D eigenvalue weighted by atomic mass is 10.1. The van der Waals surface area contributed by atoms with E-state index in [4.69, 9.17) is 4.74 Å². The van der Waals surface area contributed by atoms with Crippen molar-refractivity contribution in [3.63, 3.8) is 0 Å². The number of pyridine rings is 1. The van der Waals surface area contributed by atoms with E-state index in [1.807, 2.05) is 30.3 Å². The van der Waals surface area contributed by atoms with Crippen LogP contribution in [0.1, 0.15) is 27.9 Å². The molecule has 1 atom stereocenters. The first-order valence-corrected chi connectivity index (χ1v) is 9.12. The number of amides is 1. The van der Waals surface area contributed by atoms with Gasteiger partial charge in [0.15, 0.2) is 0 Å². The van der Waals surface area contributed by atoms with Crippen LogP contribution in [0.3, 0.4) is 0 Å². The highest BCUT2D eigenvalue weighted by molar-refractivity contribution is 5.95. The zero-order valence-electron chi connectivity index (χ0n) is 15.7. The molecule has 1 saturated heterocycles. The molecule has 0 aliphatic carbocycles. The number of aryl methyl sites for hydroxylation is 3. The van der Waals surface area contributed by atoms with Crippen LogP contribution in [-0.2, 0) is 22.5 Å². The fourth-order valence-corrected chi connectivity index (χ4v) is 3.46. The third-order valence-corrected chi connectivity index (χ3v) is 5.08. The lowest BCUT2D eigenvalue weighted by molar-refractivity contribution is -0.144. The number of rotatable bonds is 5. The highest BCUT2D eigenvalue weighted by Gasteiger charge is 2.33. The van der Waals surface area contributed by atoms with Crippen molar-refractivity contribution in [1.82, 2.24) is 9.47 Å². The highest BCUT2D eigenvalue weighted by Crippen LogP contribution is 2.20. The van der Waals surface area contributed by atoms with Crippen LogP contribution in [0.5, 0.6) is 0 Å². The molecule has 1 aromatic carbocycles. The van der Waals surface area contributed by atoms with Crippen molar-refractivity contribution in [2.45, 2.75) is 26.3 Å². The largest absolute Gasteiger partial charge is 0.469 e. The summed E-state index contributed by atoms with van der Waals surface area (Å²) in [5.74, 6) is -0.934. The Balaban J connectivity index is 1.78. The first kappa shape index (κ1) is 18.9. The van der Waals surface area contributed by atoms with E-state index in [1.165, 1.54) is 7.11 Å². The summed E-state index contributed by atoms with van der Waals surface area (Å²) in [5.41, 5.74) is 1.70. The van der Waals surface area contributed by atoms with Crippen LogP contribution < -0.4 is 5.56 Å². The van der Waals surface area contributed by atoms with Crippen LogP contribution in [-0.4, -0.2) is 41.5 Å². The van der Waals surface area contributed by atoms with Gasteiger partial charge in [0.25, 0.3) is 11.5 Å². The van der Waals surface area contributed by atoms with Crippen LogP contribution in [0.4, 0.5) is 0 Å². The minimum Gasteiger partial charge on any atom is -0.469 e. The topological polar surface area (TPSA) is 68.6 Å². The molecule has 1 amide bonds. The van der Waals surface area contributed by atoms with Crippen LogP contribution in [0.15, 0.2) is 47.4 Å². The molecule has 6 nitrogen and oxygen atoms in total. The quantitative estimate of drug-likeness (QED) is 0.758. The lowest BCUT2D eigenvalue weighted by Crippen LogP contribution is -2.37. The molecule has 1 aromatic heterocycles. The van der Waals surface area contributed by atoms with E-state index in [0.29, 0.717) is 38.0 Å². The Morgan fingerprint density at radius 3 is 2.63 bits per heavy atom. The van der Waals surface area contributed by atoms with E-state index in [1.54, 1.807) is 28.7 Å². The van der Waals surface area contributed by atoms with E-state index in [2.05, 4.69) is 0 Å². The van der Waals surface area contributed by atoms with Gasteiger partial charge >= 0.3 is 5.97 Å². The van der Waals surface area contributed by atoms with Gasteiger partial charge in [-0.05, 0) is 37.0 Å². The molecule has 6 heteroatoms. The fourth-order valence-electron chi connectivity index (χ4n) is 3.46. The first-order chi connectivity index (χ1) is 13.0. The fraction of sp³-hybridized carbons (Fsp3) is 0.381. The number of ether oxygens (including phenoxy) is 1. The standard InChI is InChI=1S/C21H24N2O4/c1-15-8-11-22(12-9-16-6-4-3-5-7-16)19(24)18(15)20(25)23-13-10-17(14-23)21(26)27-2/h3-8,11,17H,9-10,12-14H2,1-2H3. The number of hydrogen-bond donors (Lipinski definition) is 0. The SMILES string of the molecule is COC(=O)C1CCN(C(=O)c2c(C)ccn(CCc3ccccc3)c2=O)C1. The van der Waals surface area contributed by atoms with Gasteiger partial charge in [-0.15, -0.1) is 0 Å². The Morgan fingerprint density at radius 2 is 1.93 bits per heavy atom. The summed E-state index contributed by atoms with van der Waals surface area (Å²) in [5, 5.41) is 0. The molecule has 1 aliphatic heterocycles. The van der Waals surface area contributed by atoms with Gasteiger partial charge in [-0.2, -0.15) is 0 Å². The number of carbonyl (C=O) groups excluding carboxylic acids is 2. The van der Waals surface area contributed by atoms with Crippen molar-refractivity contribution in [2.24, 2.45) is 5.92 Å². The van der Waals surface area contributed by atoms with E-state index in [0.717, 1.165) is 5.56 Å². The zero-order chi connectivity index (χ0) is 19.4. The van der Waals surface area contributed by atoms with Crippen LogP contribution >= 0.6 is 0 Å². The molecule has 0 bridgehead atoms. The second-order valence-corrected chi connectivity index (χ2v) is 6.87. The molecule has 3 rings (SSSR count). The number of esters is 1. The minimum absolute atomic E-state index is 0.191.